The second-order valence-electron chi connectivity index (χ2n) is 3.78. The van der Waals surface area contributed by atoms with Crippen LogP contribution < -0.4 is 0 Å². The van der Waals surface area contributed by atoms with E-state index in [1.165, 1.54) is 0 Å². The highest BCUT2D eigenvalue weighted by molar-refractivity contribution is 9.11. The van der Waals surface area contributed by atoms with Gasteiger partial charge in [0.25, 0.3) is 0 Å². The molecule has 1 aromatic rings. The van der Waals surface area contributed by atoms with Gasteiger partial charge in [-0.05, 0) is 23.4 Å². The molecular formula is C13H12BrFO. The number of aromatic hydroxyl groups is 1. The van der Waals surface area contributed by atoms with Crippen molar-refractivity contribution in [2.75, 3.05) is 0 Å². The zero-order valence-electron chi connectivity index (χ0n) is 8.66. The number of allylic oxidation sites excluding steroid dienone is 4. The quantitative estimate of drug-likeness (QED) is 0.809. The Bertz CT molecular complexity index is 451. The number of rotatable bonds is 1. The fourth-order valence-corrected chi connectivity index (χ4v) is 2.30. The summed E-state index contributed by atoms with van der Waals surface area (Å²) in [5, 5.41) is 9.72. The monoisotopic (exact) mass is 282 g/mol. The number of para-hydroxylation sites is 1. The van der Waals surface area contributed by atoms with Gasteiger partial charge in [0, 0.05) is 5.56 Å². The van der Waals surface area contributed by atoms with Crippen molar-refractivity contribution in [2.24, 2.45) is 0 Å². The van der Waals surface area contributed by atoms with Crippen LogP contribution in [0.15, 0.2) is 46.7 Å². The SMILES string of the molecule is Oc1ccccc1C1C=C(Br)CCC=C1F. The molecule has 0 aromatic heterocycles. The van der Waals surface area contributed by atoms with Gasteiger partial charge in [0.2, 0.25) is 0 Å². The number of benzene rings is 1. The van der Waals surface area contributed by atoms with Crippen LogP contribution in [0.1, 0.15) is 24.3 Å². The van der Waals surface area contributed by atoms with Crippen LogP contribution in [0.2, 0.25) is 0 Å². The summed E-state index contributed by atoms with van der Waals surface area (Å²) in [4.78, 5) is 0. The van der Waals surface area contributed by atoms with Crippen molar-refractivity contribution in [3.05, 3.63) is 52.3 Å². The van der Waals surface area contributed by atoms with Gasteiger partial charge in [0.15, 0.2) is 0 Å². The predicted molar refractivity (Wildman–Crippen MR) is 66.3 cm³/mol. The fraction of sp³-hybridized carbons (Fsp3) is 0.231. The van der Waals surface area contributed by atoms with E-state index in [0.717, 1.165) is 10.9 Å². The maximum absolute atomic E-state index is 13.8. The summed E-state index contributed by atoms with van der Waals surface area (Å²) >= 11 is 3.41. The first-order valence-corrected chi connectivity index (χ1v) is 5.97. The van der Waals surface area contributed by atoms with Gasteiger partial charge < -0.3 is 5.11 Å². The van der Waals surface area contributed by atoms with E-state index < -0.39 is 5.92 Å². The molecule has 0 saturated carbocycles. The van der Waals surface area contributed by atoms with E-state index in [9.17, 15) is 9.50 Å². The van der Waals surface area contributed by atoms with Crippen LogP contribution in [0.3, 0.4) is 0 Å². The van der Waals surface area contributed by atoms with Gasteiger partial charge >= 0.3 is 0 Å². The first-order chi connectivity index (χ1) is 7.68. The third kappa shape index (κ3) is 2.35. The van der Waals surface area contributed by atoms with Gasteiger partial charge in [0.1, 0.15) is 11.6 Å². The Morgan fingerprint density at radius 1 is 1.31 bits per heavy atom. The summed E-state index contributed by atoms with van der Waals surface area (Å²) in [7, 11) is 0. The Hall–Kier alpha value is -1.09. The number of hydrogen-bond donors (Lipinski definition) is 1. The van der Waals surface area contributed by atoms with E-state index in [1.54, 1.807) is 30.3 Å². The van der Waals surface area contributed by atoms with Crippen molar-refractivity contribution in [3.63, 3.8) is 0 Å². The molecule has 1 aromatic carbocycles. The Balaban J connectivity index is 2.45. The molecule has 0 aliphatic heterocycles. The van der Waals surface area contributed by atoms with Gasteiger partial charge in [-0.1, -0.05) is 46.3 Å². The molecule has 0 radical (unpaired) electrons. The molecule has 0 bridgehead atoms. The molecular weight excluding hydrogens is 271 g/mol. The molecule has 1 nitrogen and oxygen atoms in total. The third-order valence-electron chi connectivity index (χ3n) is 2.64. The van der Waals surface area contributed by atoms with E-state index in [0.29, 0.717) is 12.0 Å². The van der Waals surface area contributed by atoms with E-state index in [1.807, 2.05) is 6.08 Å². The molecule has 2 rings (SSSR count). The van der Waals surface area contributed by atoms with E-state index >= 15 is 0 Å². The van der Waals surface area contributed by atoms with E-state index in [4.69, 9.17) is 0 Å². The lowest BCUT2D eigenvalue weighted by Crippen LogP contribution is -1.96. The van der Waals surface area contributed by atoms with Crippen molar-refractivity contribution < 1.29 is 9.50 Å². The predicted octanol–water partition coefficient (Wildman–Crippen LogP) is 4.40. The number of phenolic OH excluding ortho intramolecular Hbond substituents is 1. The lowest BCUT2D eigenvalue weighted by Gasteiger charge is -2.12. The molecule has 0 fully saturated rings. The van der Waals surface area contributed by atoms with E-state index in [2.05, 4.69) is 15.9 Å². The number of phenols is 1. The smallest absolute Gasteiger partial charge is 0.119 e. The molecule has 1 unspecified atom stereocenters. The van der Waals surface area contributed by atoms with Crippen LogP contribution in [-0.2, 0) is 0 Å². The molecule has 0 spiro atoms. The Labute approximate surface area is 102 Å². The summed E-state index contributed by atoms with van der Waals surface area (Å²) in [6.07, 6.45) is 4.89. The summed E-state index contributed by atoms with van der Waals surface area (Å²) in [6, 6.07) is 6.86. The second-order valence-corrected chi connectivity index (χ2v) is 4.80. The molecule has 0 amide bonds. The highest BCUT2D eigenvalue weighted by atomic mass is 79.9. The first-order valence-electron chi connectivity index (χ1n) is 5.18. The Morgan fingerprint density at radius 2 is 2.06 bits per heavy atom. The zero-order chi connectivity index (χ0) is 11.5. The third-order valence-corrected chi connectivity index (χ3v) is 3.30. The van der Waals surface area contributed by atoms with Gasteiger partial charge in [-0.2, -0.15) is 0 Å². The van der Waals surface area contributed by atoms with Crippen LogP contribution in [-0.4, -0.2) is 5.11 Å². The molecule has 84 valence electrons. The van der Waals surface area contributed by atoms with Crippen molar-refractivity contribution in [2.45, 2.75) is 18.8 Å². The summed E-state index contributed by atoms with van der Waals surface area (Å²) < 4.78 is 14.8. The summed E-state index contributed by atoms with van der Waals surface area (Å²) in [5.41, 5.74) is 0.607. The summed E-state index contributed by atoms with van der Waals surface area (Å²) in [5.74, 6) is -0.538. The van der Waals surface area contributed by atoms with Crippen molar-refractivity contribution in [1.82, 2.24) is 0 Å². The minimum Gasteiger partial charge on any atom is -0.508 e. The van der Waals surface area contributed by atoms with Gasteiger partial charge in [-0.3, -0.25) is 0 Å². The van der Waals surface area contributed by atoms with Crippen LogP contribution in [0.5, 0.6) is 5.75 Å². The minimum absolute atomic E-state index is 0.134. The minimum atomic E-state index is -0.474. The van der Waals surface area contributed by atoms with Crippen LogP contribution in [0.4, 0.5) is 4.39 Å². The Kier molecular flexibility index (Phi) is 3.44. The van der Waals surface area contributed by atoms with Gasteiger partial charge in [0.05, 0.1) is 5.92 Å². The fourth-order valence-electron chi connectivity index (χ4n) is 1.81. The molecule has 3 heteroatoms. The topological polar surface area (TPSA) is 20.2 Å². The lowest BCUT2D eigenvalue weighted by atomic mass is 9.96. The average molecular weight is 283 g/mol. The van der Waals surface area contributed by atoms with Crippen molar-refractivity contribution >= 4 is 15.9 Å². The Morgan fingerprint density at radius 3 is 2.81 bits per heavy atom. The highest BCUT2D eigenvalue weighted by Crippen LogP contribution is 2.37. The largest absolute Gasteiger partial charge is 0.508 e. The molecule has 1 aliphatic carbocycles. The van der Waals surface area contributed by atoms with Crippen LogP contribution >= 0.6 is 15.9 Å². The highest BCUT2D eigenvalue weighted by Gasteiger charge is 2.19. The molecule has 1 aliphatic rings. The summed E-state index contributed by atoms with van der Waals surface area (Å²) in [6.45, 7) is 0. The maximum atomic E-state index is 13.8. The van der Waals surface area contributed by atoms with E-state index in [-0.39, 0.29) is 11.6 Å². The lowest BCUT2D eigenvalue weighted by molar-refractivity contribution is 0.462. The average Bonchev–Trinajstić information content (AvgIpc) is 2.42. The normalized spacial score (nSPS) is 21.0. The first kappa shape index (κ1) is 11.4. The van der Waals surface area contributed by atoms with Gasteiger partial charge in [-0.25, -0.2) is 4.39 Å². The molecule has 1 N–H and O–H groups in total. The van der Waals surface area contributed by atoms with Crippen LogP contribution in [0.25, 0.3) is 0 Å². The van der Waals surface area contributed by atoms with Crippen molar-refractivity contribution in [1.29, 1.82) is 0 Å². The molecule has 16 heavy (non-hydrogen) atoms. The second kappa shape index (κ2) is 4.83. The van der Waals surface area contributed by atoms with Crippen LogP contribution in [0, 0.1) is 0 Å². The maximum Gasteiger partial charge on any atom is 0.119 e. The molecule has 0 saturated heterocycles. The molecule has 1 atom stereocenters. The number of hydrogen-bond acceptors (Lipinski definition) is 1. The molecule has 0 heterocycles. The number of halogens is 2. The zero-order valence-corrected chi connectivity index (χ0v) is 10.2. The van der Waals surface area contributed by atoms with Crippen molar-refractivity contribution in [3.8, 4) is 5.75 Å². The standard InChI is InChI=1S/C13H12BrFO/c14-9-4-3-6-12(15)11(8-9)10-5-1-2-7-13(10)16/h1-2,5-8,11,16H,3-4H2. The van der Waals surface area contributed by atoms with Gasteiger partial charge in [-0.15, -0.1) is 0 Å².